The van der Waals surface area contributed by atoms with E-state index in [0.29, 0.717) is 6.61 Å². The maximum Gasteiger partial charge on any atom is 0.208 e. The maximum absolute atomic E-state index is 5.65. The third-order valence-corrected chi connectivity index (χ3v) is 3.93. The molecule has 4 nitrogen and oxygen atoms in total. The van der Waals surface area contributed by atoms with Crippen LogP contribution < -0.4 is 4.74 Å². The van der Waals surface area contributed by atoms with Crippen molar-refractivity contribution in [2.45, 2.75) is 12.1 Å². The Labute approximate surface area is 133 Å². The molecule has 0 aliphatic carbocycles. The van der Waals surface area contributed by atoms with Crippen molar-refractivity contribution in [2.24, 2.45) is 0 Å². The van der Waals surface area contributed by atoms with Crippen LogP contribution in [0.3, 0.4) is 0 Å². The Morgan fingerprint density at radius 2 is 1.82 bits per heavy atom. The number of nitrogens with zero attached hydrogens (tertiary/aromatic N) is 2. The fourth-order valence-electron chi connectivity index (χ4n) is 1.96. The summed E-state index contributed by atoms with van der Waals surface area (Å²) in [5.74, 6) is 2.49. The predicted molar refractivity (Wildman–Crippen MR) is 89.2 cm³/mol. The minimum atomic E-state index is 0.628. The van der Waals surface area contributed by atoms with Gasteiger partial charge in [-0.2, -0.15) is 0 Å². The first-order chi connectivity index (χ1) is 10.8. The van der Waals surface area contributed by atoms with Crippen molar-refractivity contribution in [3.8, 4) is 17.1 Å². The number of ether oxygens (including phenoxy) is 1. The Morgan fingerprint density at radius 3 is 2.59 bits per heavy atom. The van der Waals surface area contributed by atoms with Gasteiger partial charge in [0.05, 0.1) is 6.61 Å². The zero-order valence-corrected chi connectivity index (χ0v) is 13.1. The molecule has 1 aromatic heterocycles. The highest BCUT2D eigenvalue weighted by Gasteiger charge is 2.06. The van der Waals surface area contributed by atoms with Crippen LogP contribution in [0.25, 0.3) is 11.4 Å². The van der Waals surface area contributed by atoms with E-state index in [-0.39, 0.29) is 0 Å². The fraction of sp³-hybridized carbons (Fsp3) is 0.176. The number of aromatic nitrogens is 3. The third kappa shape index (κ3) is 3.89. The summed E-state index contributed by atoms with van der Waals surface area (Å²) in [5.41, 5.74) is 2.28. The molecule has 1 N–H and O–H groups in total. The molecule has 3 rings (SSSR count). The van der Waals surface area contributed by atoms with E-state index >= 15 is 0 Å². The Morgan fingerprint density at radius 1 is 1.05 bits per heavy atom. The van der Waals surface area contributed by atoms with Crippen molar-refractivity contribution in [3.63, 3.8) is 0 Å². The first-order valence-electron chi connectivity index (χ1n) is 7.11. The molecule has 2 aromatic carbocycles. The summed E-state index contributed by atoms with van der Waals surface area (Å²) in [7, 11) is 0. The summed E-state index contributed by atoms with van der Waals surface area (Å²) >= 11 is 1.58. The highest BCUT2D eigenvalue weighted by Crippen LogP contribution is 2.19. The highest BCUT2D eigenvalue weighted by atomic mass is 32.2. The molecule has 0 amide bonds. The average Bonchev–Trinajstić information content (AvgIpc) is 3.02. The van der Waals surface area contributed by atoms with Gasteiger partial charge < -0.3 is 4.74 Å². The molecule has 0 fully saturated rings. The molecule has 112 valence electrons. The molecule has 3 aromatic rings. The van der Waals surface area contributed by atoms with Crippen LogP contribution >= 0.6 is 11.8 Å². The van der Waals surface area contributed by atoms with Gasteiger partial charge in [-0.1, -0.05) is 59.8 Å². The summed E-state index contributed by atoms with van der Waals surface area (Å²) in [5, 5.41) is 7.95. The van der Waals surface area contributed by atoms with Gasteiger partial charge in [-0.15, -0.1) is 5.10 Å². The summed E-state index contributed by atoms with van der Waals surface area (Å²) in [6, 6.07) is 18.0. The lowest BCUT2D eigenvalue weighted by Gasteiger charge is -2.03. The summed E-state index contributed by atoms with van der Waals surface area (Å²) in [6.07, 6.45) is 0. The Kier molecular flexibility index (Phi) is 4.75. The molecule has 0 radical (unpaired) electrons. The van der Waals surface area contributed by atoms with E-state index < -0.39 is 0 Å². The van der Waals surface area contributed by atoms with Gasteiger partial charge in [0.2, 0.25) is 5.16 Å². The van der Waals surface area contributed by atoms with E-state index in [9.17, 15) is 0 Å². The van der Waals surface area contributed by atoms with Gasteiger partial charge in [0.25, 0.3) is 0 Å². The molecule has 5 heteroatoms. The number of hydrogen-bond acceptors (Lipinski definition) is 4. The quantitative estimate of drug-likeness (QED) is 0.553. The summed E-state index contributed by atoms with van der Waals surface area (Å²) in [4.78, 5) is 4.50. The zero-order valence-electron chi connectivity index (χ0n) is 12.3. The lowest BCUT2D eigenvalue weighted by Crippen LogP contribution is -2.00. The number of aryl methyl sites for hydroxylation is 1. The Hall–Kier alpha value is -2.27. The number of nitrogens with one attached hydrogen (secondary N) is 1. The molecule has 0 saturated carbocycles. The fourth-order valence-corrected chi connectivity index (χ4v) is 2.58. The van der Waals surface area contributed by atoms with Crippen LogP contribution in [0.15, 0.2) is 59.8 Å². The number of aromatic amines is 1. The third-order valence-electron chi connectivity index (χ3n) is 3.12. The molecule has 0 aliphatic rings. The molecule has 0 unspecified atom stereocenters. The van der Waals surface area contributed by atoms with Crippen molar-refractivity contribution in [1.82, 2.24) is 15.2 Å². The number of rotatable bonds is 6. The van der Waals surface area contributed by atoms with Crippen LogP contribution in [0.4, 0.5) is 0 Å². The molecular weight excluding hydrogens is 294 g/mol. The topological polar surface area (TPSA) is 50.8 Å². The lowest BCUT2D eigenvalue weighted by atomic mass is 10.1. The Balaban J connectivity index is 1.50. The standard InChI is InChI=1S/C17H17N3OS/c1-13-7-9-14(10-8-13)16-18-17(20-19-16)22-12-11-21-15-5-3-2-4-6-15/h2-10H,11-12H2,1H3,(H,18,19,20). The van der Waals surface area contributed by atoms with Gasteiger partial charge in [-0.3, -0.25) is 5.10 Å². The normalized spacial score (nSPS) is 10.6. The van der Waals surface area contributed by atoms with Gasteiger partial charge in [-0.05, 0) is 19.1 Å². The SMILES string of the molecule is Cc1ccc(-c2nc(SCCOc3ccccc3)n[nH]2)cc1. The summed E-state index contributed by atoms with van der Waals surface area (Å²) < 4.78 is 5.65. The van der Waals surface area contributed by atoms with Crippen molar-refractivity contribution in [1.29, 1.82) is 0 Å². The van der Waals surface area contributed by atoms with Crippen LogP contribution in [-0.4, -0.2) is 27.5 Å². The van der Waals surface area contributed by atoms with Crippen LogP contribution in [-0.2, 0) is 0 Å². The molecule has 1 heterocycles. The number of benzene rings is 2. The van der Waals surface area contributed by atoms with E-state index in [1.165, 1.54) is 5.56 Å². The van der Waals surface area contributed by atoms with E-state index in [2.05, 4.69) is 34.2 Å². The second-order valence-electron chi connectivity index (χ2n) is 4.84. The van der Waals surface area contributed by atoms with Crippen molar-refractivity contribution in [2.75, 3.05) is 12.4 Å². The van der Waals surface area contributed by atoms with Crippen molar-refractivity contribution in [3.05, 3.63) is 60.2 Å². The van der Waals surface area contributed by atoms with Gasteiger partial charge in [-0.25, -0.2) is 4.98 Å². The monoisotopic (exact) mass is 311 g/mol. The molecular formula is C17H17N3OS. The lowest BCUT2D eigenvalue weighted by molar-refractivity contribution is 0.344. The number of para-hydroxylation sites is 1. The van der Waals surface area contributed by atoms with Crippen LogP contribution in [0.5, 0.6) is 5.75 Å². The number of hydrogen-bond donors (Lipinski definition) is 1. The first kappa shape index (κ1) is 14.7. The van der Waals surface area contributed by atoms with Gasteiger partial charge in [0.15, 0.2) is 5.82 Å². The zero-order chi connectivity index (χ0) is 15.2. The van der Waals surface area contributed by atoms with E-state index in [1.807, 2.05) is 42.5 Å². The number of thioether (sulfide) groups is 1. The van der Waals surface area contributed by atoms with Crippen molar-refractivity contribution < 1.29 is 4.74 Å². The molecule has 0 aliphatic heterocycles. The second-order valence-corrected chi connectivity index (χ2v) is 5.90. The highest BCUT2D eigenvalue weighted by molar-refractivity contribution is 7.99. The van der Waals surface area contributed by atoms with E-state index in [4.69, 9.17) is 4.74 Å². The smallest absolute Gasteiger partial charge is 0.208 e. The molecule has 0 saturated heterocycles. The molecule has 22 heavy (non-hydrogen) atoms. The largest absolute Gasteiger partial charge is 0.493 e. The van der Waals surface area contributed by atoms with Gasteiger partial charge in [0.1, 0.15) is 5.75 Å². The second kappa shape index (κ2) is 7.13. The minimum Gasteiger partial charge on any atom is -0.493 e. The van der Waals surface area contributed by atoms with Crippen LogP contribution in [0, 0.1) is 6.92 Å². The van der Waals surface area contributed by atoms with Crippen LogP contribution in [0.2, 0.25) is 0 Å². The summed E-state index contributed by atoms with van der Waals surface area (Å²) in [6.45, 7) is 2.70. The molecule has 0 bridgehead atoms. The predicted octanol–water partition coefficient (Wildman–Crippen LogP) is 3.95. The number of H-pyrrole nitrogens is 1. The molecule has 0 spiro atoms. The van der Waals surface area contributed by atoms with Gasteiger partial charge in [0, 0.05) is 11.3 Å². The van der Waals surface area contributed by atoms with Gasteiger partial charge >= 0.3 is 0 Å². The Bertz CT molecular complexity index is 710. The van der Waals surface area contributed by atoms with Crippen LogP contribution in [0.1, 0.15) is 5.56 Å². The molecule has 0 atom stereocenters. The minimum absolute atomic E-state index is 0.628. The van der Waals surface area contributed by atoms with E-state index in [1.54, 1.807) is 11.8 Å². The van der Waals surface area contributed by atoms with Crippen molar-refractivity contribution >= 4 is 11.8 Å². The van der Waals surface area contributed by atoms with E-state index in [0.717, 1.165) is 28.0 Å². The maximum atomic E-state index is 5.65. The first-order valence-corrected chi connectivity index (χ1v) is 8.10. The average molecular weight is 311 g/mol.